The van der Waals surface area contributed by atoms with E-state index in [9.17, 15) is 4.79 Å². The van der Waals surface area contributed by atoms with Gasteiger partial charge in [-0.2, -0.15) is 0 Å². The molecule has 1 rings (SSSR count). The summed E-state index contributed by atoms with van der Waals surface area (Å²) >= 11 is 4.20. The standard InChI is InChI=1S/C11H15NO2S/c1-2-8(11(13)14)5-7-3-4-9(12)10(15)6-7/h3-4,6,8,15H,2,5,12H2,1H3,(H,13,14). The summed E-state index contributed by atoms with van der Waals surface area (Å²) in [6.45, 7) is 1.87. The van der Waals surface area contributed by atoms with Gasteiger partial charge >= 0.3 is 5.97 Å². The number of rotatable bonds is 4. The Bertz CT molecular complexity index is 366. The monoisotopic (exact) mass is 225 g/mol. The van der Waals surface area contributed by atoms with E-state index >= 15 is 0 Å². The van der Waals surface area contributed by atoms with Crippen LogP contribution in [0.25, 0.3) is 0 Å². The molecule has 0 aromatic heterocycles. The minimum atomic E-state index is -0.755. The summed E-state index contributed by atoms with van der Waals surface area (Å²) in [6.07, 6.45) is 1.15. The quantitative estimate of drug-likeness (QED) is 0.544. The lowest BCUT2D eigenvalue weighted by Crippen LogP contribution is -2.15. The van der Waals surface area contributed by atoms with Crippen LogP contribution < -0.4 is 5.73 Å². The minimum Gasteiger partial charge on any atom is -0.481 e. The number of aliphatic carboxylic acids is 1. The summed E-state index contributed by atoms with van der Waals surface area (Å²) in [5.74, 6) is -1.09. The van der Waals surface area contributed by atoms with Gasteiger partial charge in [-0.25, -0.2) is 0 Å². The predicted molar refractivity (Wildman–Crippen MR) is 63.2 cm³/mol. The molecular weight excluding hydrogens is 210 g/mol. The van der Waals surface area contributed by atoms with Crippen molar-refractivity contribution in [1.29, 1.82) is 0 Å². The van der Waals surface area contributed by atoms with Gasteiger partial charge in [0.05, 0.1) is 5.92 Å². The Hall–Kier alpha value is -1.16. The SMILES string of the molecule is CCC(Cc1ccc(N)c(S)c1)C(=O)O. The van der Waals surface area contributed by atoms with Gasteiger partial charge in [0.1, 0.15) is 0 Å². The van der Waals surface area contributed by atoms with Crippen molar-refractivity contribution in [1.82, 2.24) is 0 Å². The van der Waals surface area contributed by atoms with E-state index < -0.39 is 5.97 Å². The summed E-state index contributed by atoms with van der Waals surface area (Å²) in [4.78, 5) is 11.5. The van der Waals surface area contributed by atoms with Crippen LogP contribution in [0.4, 0.5) is 5.69 Å². The molecule has 0 amide bonds. The number of carboxylic acids is 1. The lowest BCUT2D eigenvalue weighted by molar-refractivity contribution is -0.141. The zero-order valence-corrected chi connectivity index (χ0v) is 9.50. The molecule has 0 fully saturated rings. The third kappa shape index (κ3) is 3.16. The van der Waals surface area contributed by atoms with Gasteiger partial charge in [0, 0.05) is 10.6 Å². The summed E-state index contributed by atoms with van der Waals surface area (Å²) in [6, 6.07) is 5.43. The predicted octanol–water partition coefficient (Wildman–Crippen LogP) is 2.21. The number of hydrogen-bond acceptors (Lipinski definition) is 3. The van der Waals surface area contributed by atoms with Gasteiger partial charge in [0.25, 0.3) is 0 Å². The molecule has 1 unspecified atom stereocenters. The maximum absolute atomic E-state index is 10.8. The zero-order valence-electron chi connectivity index (χ0n) is 8.60. The van der Waals surface area contributed by atoms with Gasteiger partial charge < -0.3 is 10.8 Å². The van der Waals surface area contributed by atoms with E-state index in [1.54, 1.807) is 6.07 Å². The van der Waals surface area contributed by atoms with Crippen molar-refractivity contribution in [3.8, 4) is 0 Å². The van der Waals surface area contributed by atoms with Crippen LogP contribution in [0.3, 0.4) is 0 Å². The molecule has 4 heteroatoms. The van der Waals surface area contributed by atoms with E-state index in [1.165, 1.54) is 0 Å². The molecule has 15 heavy (non-hydrogen) atoms. The van der Waals surface area contributed by atoms with E-state index in [1.807, 2.05) is 19.1 Å². The van der Waals surface area contributed by atoms with Gasteiger partial charge in [0.2, 0.25) is 0 Å². The molecule has 1 aromatic carbocycles. The van der Waals surface area contributed by atoms with E-state index in [-0.39, 0.29) is 5.92 Å². The fourth-order valence-electron chi connectivity index (χ4n) is 1.41. The zero-order chi connectivity index (χ0) is 11.4. The highest BCUT2D eigenvalue weighted by Gasteiger charge is 2.15. The second-order valence-electron chi connectivity index (χ2n) is 3.54. The smallest absolute Gasteiger partial charge is 0.306 e. The molecule has 0 bridgehead atoms. The Morgan fingerprint density at radius 2 is 2.27 bits per heavy atom. The molecule has 0 saturated heterocycles. The highest BCUT2D eigenvalue weighted by molar-refractivity contribution is 7.80. The van der Waals surface area contributed by atoms with Crippen LogP contribution in [0.1, 0.15) is 18.9 Å². The van der Waals surface area contributed by atoms with E-state index in [4.69, 9.17) is 10.8 Å². The lowest BCUT2D eigenvalue weighted by Gasteiger charge is -2.10. The average Bonchev–Trinajstić information content (AvgIpc) is 2.19. The Morgan fingerprint density at radius 3 is 2.73 bits per heavy atom. The minimum absolute atomic E-state index is 0.332. The first kappa shape index (κ1) is 11.9. The van der Waals surface area contributed by atoms with E-state index in [0.29, 0.717) is 23.4 Å². The number of carboxylic acid groups (broad SMARTS) is 1. The first-order chi connectivity index (χ1) is 7.04. The van der Waals surface area contributed by atoms with E-state index in [0.717, 1.165) is 5.56 Å². The molecule has 1 aromatic rings. The van der Waals surface area contributed by atoms with Crippen LogP contribution >= 0.6 is 12.6 Å². The fraction of sp³-hybridized carbons (Fsp3) is 0.364. The molecule has 0 aliphatic rings. The molecule has 0 heterocycles. The normalized spacial score (nSPS) is 12.4. The molecule has 0 aliphatic carbocycles. The molecule has 1 atom stereocenters. The molecule has 3 N–H and O–H groups in total. The second kappa shape index (κ2) is 5.07. The Kier molecular flexibility index (Phi) is 4.03. The molecule has 0 aliphatic heterocycles. The molecular formula is C11H15NO2S. The average molecular weight is 225 g/mol. The first-order valence-electron chi connectivity index (χ1n) is 4.84. The fourth-order valence-corrected chi connectivity index (χ4v) is 1.65. The van der Waals surface area contributed by atoms with Gasteiger partial charge in [-0.1, -0.05) is 13.0 Å². The van der Waals surface area contributed by atoms with E-state index in [2.05, 4.69) is 12.6 Å². The summed E-state index contributed by atoms with van der Waals surface area (Å²) in [5, 5.41) is 8.91. The van der Waals surface area contributed by atoms with Crippen LogP contribution in [-0.2, 0) is 11.2 Å². The molecule has 0 radical (unpaired) electrons. The maximum atomic E-state index is 10.8. The molecule has 0 saturated carbocycles. The molecule has 3 nitrogen and oxygen atoms in total. The van der Waals surface area contributed by atoms with Crippen molar-refractivity contribution in [3.63, 3.8) is 0 Å². The van der Waals surface area contributed by atoms with Gasteiger partial charge in [-0.15, -0.1) is 12.6 Å². The van der Waals surface area contributed by atoms with Gasteiger partial charge in [-0.3, -0.25) is 4.79 Å². The summed E-state index contributed by atoms with van der Waals surface area (Å²) in [7, 11) is 0. The van der Waals surface area contributed by atoms with Crippen molar-refractivity contribution in [2.45, 2.75) is 24.7 Å². The molecule has 0 spiro atoms. The van der Waals surface area contributed by atoms with Crippen molar-refractivity contribution in [2.75, 3.05) is 5.73 Å². The number of hydrogen-bond donors (Lipinski definition) is 3. The number of anilines is 1. The third-order valence-corrected chi connectivity index (χ3v) is 2.81. The number of thiol groups is 1. The van der Waals surface area contributed by atoms with Crippen molar-refractivity contribution >= 4 is 24.3 Å². The van der Waals surface area contributed by atoms with Crippen LogP contribution in [0.15, 0.2) is 23.1 Å². The summed E-state index contributed by atoms with van der Waals surface area (Å²) < 4.78 is 0. The Morgan fingerprint density at radius 1 is 1.60 bits per heavy atom. The van der Waals surface area contributed by atoms with Crippen molar-refractivity contribution < 1.29 is 9.90 Å². The largest absolute Gasteiger partial charge is 0.481 e. The Labute approximate surface area is 94.7 Å². The lowest BCUT2D eigenvalue weighted by atomic mass is 9.97. The van der Waals surface area contributed by atoms with Crippen LogP contribution in [-0.4, -0.2) is 11.1 Å². The number of nitrogens with two attached hydrogens (primary N) is 1. The highest BCUT2D eigenvalue weighted by atomic mass is 32.1. The first-order valence-corrected chi connectivity index (χ1v) is 5.29. The summed E-state index contributed by atoms with van der Waals surface area (Å²) in [5.41, 5.74) is 7.20. The second-order valence-corrected chi connectivity index (χ2v) is 4.02. The number of benzene rings is 1. The Balaban J connectivity index is 2.80. The number of nitrogen functional groups attached to an aromatic ring is 1. The topological polar surface area (TPSA) is 63.3 Å². The van der Waals surface area contributed by atoms with Gasteiger partial charge in [-0.05, 0) is 30.5 Å². The maximum Gasteiger partial charge on any atom is 0.306 e. The third-order valence-electron chi connectivity index (χ3n) is 2.42. The van der Waals surface area contributed by atoms with Crippen molar-refractivity contribution in [3.05, 3.63) is 23.8 Å². The van der Waals surface area contributed by atoms with Crippen LogP contribution in [0.5, 0.6) is 0 Å². The van der Waals surface area contributed by atoms with Crippen molar-refractivity contribution in [2.24, 2.45) is 5.92 Å². The van der Waals surface area contributed by atoms with Crippen LogP contribution in [0.2, 0.25) is 0 Å². The van der Waals surface area contributed by atoms with Crippen LogP contribution in [0, 0.1) is 5.92 Å². The highest BCUT2D eigenvalue weighted by Crippen LogP contribution is 2.20. The molecule has 82 valence electrons. The number of carbonyl (C=O) groups is 1. The van der Waals surface area contributed by atoms with Gasteiger partial charge in [0.15, 0.2) is 0 Å².